The van der Waals surface area contributed by atoms with Gasteiger partial charge in [0.2, 0.25) is 0 Å². The van der Waals surface area contributed by atoms with Crippen LogP contribution in [-0.2, 0) is 0 Å². The standard InChI is InChI=1S/C15H30N2/c1-2-17(13-14-7-5-8-14)12-6-11-16-15-9-3-4-10-15/h14-16H,2-13H2,1H3. The van der Waals surface area contributed by atoms with Crippen LogP contribution >= 0.6 is 0 Å². The molecule has 0 unspecified atom stereocenters. The van der Waals surface area contributed by atoms with Crippen LogP contribution < -0.4 is 5.32 Å². The highest BCUT2D eigenvalue weighted by molar-refractivity contribution is 4.75. The predicted octanol–water partition coefficient (Wildman–Crippen LogP) is 3.03. The molecule has 0 aromatic carbocycles. The van der Waals surface area contributed by atoms with Crippen molar-refractivity contribution >= 4 is 0 Å². The zero-order valence-corrected chi connectivity index (χ0v) is 11.6. The van der Waals surface area contributed by atoms with Gasteiger partial charge in [0.1, 0.15) is 0 Å². The van der Waals surface area contributed by atoms with E-state index in [0.717, 1.165) is 12.0 Å². The monoisotopic (exact) mass is 238 g/mol. The molecule has 0 atom stereocenters. The van der Waals surface area contributed by atoms with Crippen LogP contribution in [-0.4, -0.2) is 37.1 Å². The van der Waals surface area contributed by atoms with Crippen molar-refractivity contribution in [1.82, 2.24) is 10.2 Å². The molecule has 0 aromatic rings. The van der Waals surface area contributed by atoms with Crippen LogP contribution in [0.15, 0.2) is 0 Å². The molecular formula is C15H30N2. The second-order valence-corrected chi connectivity index (χ2v) is 5.98. The van der Waals surface area contributed by atoms with Crippen molar-refractivity contribution < 1.29 is 0 Å². The lowest BCUT2D eigenvalue weighted by Crippen LogP contribution is -2.35. The molecule has 2 aliphatic carbocycles. The van der Waals surface area contributed by atoms with Crippen LogP contribution in [0.25, 0.3) is 0 Å². The van der Waals surface area contributed by atoms with E-state index in [4.69, 9.17) is 0 Å². The van der Waals surface area contributed by atoms with Gasteiger partial charge in [-0.05, 0) is 57.7 Å². The van der Waals surface area contributed by atoms with Gasteiger partial charge in [0.15, 0.2) is 0 Å². The van der Waals surface area contributed by atoms with Crippen molar-refractivity contribution in [3.8, 4) is 0 Å². The smallest absolute Gasteiger partial charge is 0.00670 e. The Labute approximate surface area is 107 Å². The fourth-order valence-electron chi connectivity index (χ4n) is 3.16. The molecule has 0 aromatic heterocycles. The maximum absolute atomic E-state index is 3.72. The molecule has 2 heteroatoms. The molecule has 2 saturated carbocycles. The van der Waals surface area contributed by atoms with Gasteiger partial charge in [-0.3, -0.25) is 0 Å². The lowest BCUT2D eigenvalue weighted by Gasteiger charge is -2.31. The molecule has 0 radical (unpaired) electrons. The Morgan fingerprint density at radius 1 is 1.06 bits per heavy atom. The number of nitrogens with one attached hydrogen (secondary N) is 1. The lowest BCUT2D eigenvalue weighted by molar-refractivity contribution is 0.182. The Hall–Kier alpha value is -0.0800. The summed E-state index contributed by atoms with van der Waals surface area (Å²) in [4.78, 5) is 2.65. The van der Waals surface area contributed by atoms with Gasteiger partial charge in [0.25, 0.3) is 0 Å². The van der Waals surface area contributed by atoms with E-state index < -0.39 is 0 Å². The molecule has 0 heterocycles. The molecule has 2 rings (SSSR count). The Bertz CT molecular complexity index is 195. The van der Waals surface area contributed by atoms with Crippen LogP contribution in [0.2, 0.25) is 0 Å². The number of hydrogen-bond acceptors (Lipinski definition) is 2. The van der Waals surface area contributed by atoms with Crippen LogP contribution in [0.3, 0.4) is 0 Å². The van der Waals surface area contributed by atoms with Gasteiger partial charge in [0, 0.05) is 12.6 Å². The van der Waals surface area contributed by atoms with Gasteiger partial charge in [-0.2, -0.15) is 0 Å². The summed E-state index contributed by atoms with van der Waals surface area (Å²) in [5.74, 6) is 1.03. The second kappa shape index (κ2) is 7.38. The first-order chi connectivity index (χ1) is 8.38. The molecule has 0 amide bonds. The molecule has 0 spiro atoms. The maximum Gasteiger partial charge on any atom is 0.00670 e. The maximum atomic E-state index is 3.72. The van der Waals surface area contributed by atoms with Gasteiger partial charge < -0.3 is 10.2 Å². The first-order valence-electron chi connectivity index (χ1n) is 7.84. The largest absolute Gasteiger partial charge is 0.314 e. The molecule has 100 valence electrons. The zero-order valence-electron chi connectivity index (χ0n) is 11.6. The Balaban J connectivity index is 1.49. The SMILES string of the molecule is CCN(CCCNC1CCCC1)CC1CCC1. The van der Waals surface area contributed by atoms with Crippen LogP contribution in [0, 0.1) is 5.92 Å². The van der Waals surface area contributed by atoms with Crippen LogP contribution in [0.1, 0.15) is 58.3 Å². The van der Waals surface area contributed by atoms with Crippen LogP contribution in [0.4, 0.5) is 0 Å². The highest BCUT2D eigenvalue weighted by Gasteiger charge is 2.19. The van der Waals surface area contributed by atoms with Crippen molar-refractivity contribution in [2.45, 2.75) is 64.3 Å². The average molecular weight is 238 g/mol. The molecule has 17 heavy (non-hydrogen) atoms. The van der Waals surface area contributed by atoms with E-state index in [1.165, 1.54) is 77.5 Å². The molecule has 0 aliphatic heterocycles. The second-order valence-electron chi connectivity index (χ2n) is 5.98. The highest BCUT2D eigenvalue weighted by Crippen LogP contribution is 2.27. The zero-order chi connectivity index (χ0) is 11.9. The Morgan fingerprint density at radius 3 is 2.41 bits per heavy atom. The van der Waals surface area contributed by atoms with Crippen molar-refractivity contribution in [1.29, 1.82) is 0 Å². The third-order valence-corrected chi connectivity index (χ3v) is 4.63. The van der Waals surface area contributed by atoms with E-state index in [0.29, 0.717) is 0 Å². The fourth-order valence-corrected chi connectivity index (χ4v) is 3.16. The van der Waals surface area contributed by atoms with E-state index in [2.05, 4.69) is 17.1 Å². The molecule has 2 aliphatic rings. The van der Waals surface area contributed by atoms with Crippen molar-refractivity contribution in [3.05, 3.63) is 0 Å². The summed E-state index contributed by atoms with van der Waals surface area (Å²) >= 11 is 0. The van der Waals surface area contributed by atoms with Crippen molar-refractivity contribution in [2.24, 2.45) is 5.92 Å². The number of rotatable bonds is 8. The third kappa shape index (κ3) is 4.59. The van der Waals surface area contributed by atoms with Gasteiger partial charge in [-0.25, -0.2) is 0 Å². The molecule has 1 N–H and O–H groups in total. The van der Waals surface area contributed by atoms with E-state index >= 15 is 0 Å². The normalized spacial score (nSPS) is 22.2. The van der Waals surface area contributed by atoms with Gasteiger partial charge in [0.05, 0.1) is 0 Å². The van der Waals surface area contributed by atoms with Gasteiger partial charge in [-0.1, -0.05) is 26.2 Å². The predicted molar refractivity (Wildman–Crippen MR) is 74.3 cm³/mol. The van der Waals surface area contributed by atoms with E-state index in [1.807, 2.05) is 0 Å². The summed E-state index contributed by atoms with van der Waals surface area (Å²) in [6, 6.07) is 0.844. The highest BCUT2D eigenvalue weighted by atomic mass is 15.1. The summed E-state index contributed by atoms with van der Waals surface area (Å²) < 4.78 is 0. The summed E-state index contributed by atoms with van der Waals surface area (Å²) in [5, 5.41) is 3.72. The van der Waals surface area contributed by atoms with Crippen molar-refractivity contribution in [2.75, 3.05) is 26.2 Å². The van der Waals surface area contributed by atoms with Crippen molar-refractivity contribution in [3.63, 3.8) is 0 Å². The summed E-state index contributed by atoms with van der Waals surface area (Å²) in [6.45, 7) is 7.43. The average Bonchev–Trinajstić information content (AvgIpc) is 2.78. The Morgan fingerprint density at radius 2 is 1.82 bits per heavy atom. The third-order valence-electron chi connectivity index (χ3n) is 4.63. The minimum absolute atomic E-state index is 0.844. The minimum atomic E-state index is 0.844. The minimum Gasteiger partial charge on any atom is -0.314 e. The van der Waals surface area contributed by atoms with Gasteiger partial charge >= 0.3 is 0 Å². The van der Waals surface area contributed by atoms with E-state index in [-0.39, 0.29) is 0 Å². The van der Waals surface area contributed by atoms with Crippen LogP contribution in [0.5, 0.6) is 0 Å². The molecule has 0 saturated heterocycles. The quantitative estimate of drug-likeness (QED) is 0.654. The van der Waals surface area contributed by atoms with E-state index in [9.17, 15) is 0 Å². The first kappa shape index (κ1) is 13.4. The van der Waals surface area contributed by atoms with E-state index in [1.54, 1.807) is 0 Å². The number of nitrogens with zero attached hydrogens (tertiary/aromatic N) is 1. The molecule has 2 nitrogen and oxygen atoms in total. The topological polar surface area (TPSA) is 15.3 Å². The molecular weight excluding hydrogens is 208 g/mol. The lowest BCUT2D eigenvalue weighted by atomic mass is 9.85. The molecule has 0 bridgehead atoms. The first-order valence-corrected chi connectivity index (χ1v) is 7.84. The summed E-state index contributed by atoms with van der Waals surface area (Å²) in [5.41, 5.74) is 0. The fraction of sp³-hybridized carbons (Fsp3) is 1.00. The summed E-state index contributed by atoms with van der Waals surface area (Å²) in [7, 11) is 0. The molecule has 2 fully saturated rings. The summed E-state index contributed by atoms with van der Waals surface area (Å²) in [6.07, 6.45) is 11.5. The Kier molecular flexibility index (Phi) is 5.79. The number of hydrogen-bond donors (Lipinski definition) is 1. The van der Waals surface area contributed by atoms with Gasteiger partial charge in [-0.15, -0.1) is 0 Å².